The number of piperidine rings is 1. The summed E-state index contributed by atoms with van der Waals surface area (Å²) in [6, 6.07) is 3.36. The summed E-state index contributed by atoms with van der Waals surface area (Å²) in [6.07, 6.45) is 6.77. The maximum absolute atomic E-state index is 12.0. The van der Waals surface area contributed by atoms with E-state index in [2.05, 4.69) is 4.90 Å². The van der Waals surface area contributed by atoms with Crippen LogP contribution in [0.1, 0.15) is 37.9 Å². The van der Waals surface area contributed by atoms with Crippen LogP contribution in [0.3, 0.4) is 0 Å². The second-order valence-corrected chi connectivity index (χ2v) is 8.92. The molecule has 2 aliphatic rings. The fourth-order valence-electron chi connectivity index (χ4n) is 3.80. The molecule has 0 spiro atoms. The van der Waals surface area contributed by atoms with Crippen molar-refractivity contribution in [1.82, 2.24) is 9.21 Å². The highest BCUT2D eigenvalue weighted by Gasteiger charge is 2.31. The number of hydrogen-bond acceptors (Lipinski definition) is 4. The van der Waals surface area contributed by atoms with Gasteiger partial charge < -0.3 is 4.42 Å². The zero-order valence-electron chi connectivity index (χ0n) is 13.5. The minimum atomic E-state index is -3.47. The summed E-state index contributed by atoms with van der Waals surface area (Å²) in [6.45, 7) is 2.94. The fourth-order valence-corrected chi connectivity index (χ4v) is 4.61. The Hall–Kier alpha value is -0.850. The summed E-state index contributed by atoms with van der Waals surface area (Å²) in [7, 11) is -0.429. The van der Waals surface area contributed by atoms with Gasteiger partial charge in [0.05, 0.1) is 6.54 Å². The monoisotopic (exact) mass is 326 g/mol. The maximum Gasteiger partial charge on any atom is 0.275 e. The number of likely N-dealkylation sites (tertiary alicyclic amines) is 1. The van der Waals surface area contributed by atoms with E-state index in [9.17, 15) is 8.42 Å². The first-order valence-electron chi connectivity index (χ1n) is 8.20. The molecule has 2 fully saturated rings. The predicted octanol–water partition coefficient (Wildman–Crippen LogP) is 2.54. The summed E-state index contributed by atoms with van der Waals surface area (Å²) in [5, 5.41) is 0.0417. The molecular formula is C16H26N2O3S. The molecule has 0 aromatic carbocycles. The van der Waals surface area contributed by atoms with Crippen molar-refractivity contribution < 1.29 is 12.8 Å². The molecule has 6 heteroatoms. The summed E-state index contributed by atoms with van der Waals surface area (Å²) >= 11 is 0. The van der Waals surface area contributed by atoms with E-state index in [4.69, 9.17) is 4.42 Å². The SMILES string of the molecule is CN(C)S(=O)(=O)c1ccc(CN2CCC3CCCCC3C2)o1. The van der Waals surface area contributed by atoms with Gasteiger partial charge >= 0.3 is 0 Å². The normalized spacial score (nSPS) is 27.0. The lowest BCUT2D eigenvalue weighted by molar-refractivity contribution is 0.0765. The smallest absolute Gasteiger partial charge is 0.275 e. The lowest BCUT2D eigenvalue weighted by Gasteiger charge is -2.41. The third kappa shape index (κ3) is 3.24. The molecule has 0 amide bonds. The lowest BCUT2D eigenvalue weighted by Crippen LogP contribution is -2.41. The van der Waals surface area contributed by atoms with Gasteiger partial charge in [-0.2, -0.15) is 0 Å². The van der Waals surface area contributed by atoms with Crippen LogP contribution in [0.15, 0.2) is 21.6 Å². The molecule has 2 heterocycles. The Labute approximate surface area is 133 Å². The second kappa shape index (κ2) is 6.34. The minimum absolute atomic E-state index is 0.0417. The minimum Gasteiger partial charge on any atom is -0.447 e. The van der Waals surface area contributed by atoms with E-state index in [1.54, 1.807) is 12.1 Å². The van der Waals surface area contributed by atoms with Gasteiger partial charge in [0.1, 0.15) is 5.76 Å². The quantitative estimate of drug-likeness (QED) is 0.853. The van der Waals surface area contributed by atoms with Gasteiger partial charge in [0, 0.05) is 20.6 Å². The van der Waals surface area contributed by atoms with E-state index in [1.165, 1.54) is 50.5 Å². The Morgan fingerprint density at radius 3 is 2.64 bits per heavy atom. The largest absolute Gasteiger partial charge is 0.447 e. The number of sulfonamides is 1. The van der Waals surface area contributed by atoms with Crippen LogP contribution in [0.5, 0.6) is 0 Å². The number of rotatable bonds is 4. The summed E-state index contributed by atoms with van der Waals surface area (Å²) in [5.41, 5.74) is 0. The van der Waals surface area contributed by atoms with Crippen LogP contribution in [-0.4, -0.2) is 44.8 Å². The molecule has 2 atom stereocenters. The number of fused-ring (bicyclic) bond motifs is 1. The van der Waals surface area contributed by atoms with Crippen LogP contribution >= 0.6 is 0 Å². The van der Waals surface area contributed by atoms with Crippen LogP contribution in [0.2, 0.25) is 0 Å². The topological polar surface area (TPSA) is 53.8 Å². The van der Waals surface area contributed by atoms with Gasteiger partial charge in [-0.1, -0.05) is 19.3 Å². The van der Waals surface area contributed by atoms with Crippen LogP contribution in [0.4, 0.5) is 0 Å². The average molecular weight is 326 g/mol. The van der Waals surface area contributed by atoms with E-state index in [0.29, 0.717) is 6.54 Å². The molecule has 1 aromatic heterocycles. The highest BCUT2D eigenvalue weighted by atomic mass is 32.2. The highest BCUT2D eigenvalue weighted by molar-refractivity contribution is 7.88. The van der Waals surface area contributed by atoms with Crippen molar-refractivity contribution >= 4 is 10.0 Å². The molecule has 0 radical (unpaired) electrons. The Kier molecular flexibility index (Phi) is 4.61. The van der Waals surface area contributed by atoms with E-state index >= 15 is 0 Å². The summed E-state index contributed by atoms with van der Waals surface area (Å²) in [5.74, 6) is 2.48. The van der Waals surface area contributed by atoms with Crippen LogP contribution in [0, 0.1) is 11.8 Å². The molecule has 22 heavy (non-hydrogen) atoms. The first-order chi connectivity index (χ1) is 10.5. The summed E-state index contributed by atoms with van der Waals surface area (Å²) < 4.78 is 30.8. The molecule has 1 aromatic rings. The van der Waals surface area contributed by atoms with Gasteiger partial charge in [-0.05, 0) is 43.4 Å². The molecule has 5 nitrogen and oxygen atoms in total. The molecule has 124 valence electrons. The molecule has 0 N–H and O–H groups in total. The molecule has 0 bridgehead atoms. The maximum atomic E-state index is 12.0. The van der Waals surface area contributed by atoms with Crippen LogP contribution < -0.4 is 0 Å². The molecule has 1 aliphatic carbocycles. The Bertz CT molecular complexity index is 609. The van der Waals surface area contributed by atoms with Crippen molar-refractivity contribution in [3.8, 4) is 0 Å². The van der Waals surface area contributed by atoms with E-state index in [-0.39, 0.29) is 5.09 Å². The van der Waals surface area contributed by atoms with Crippen LogP contribution in [0.25, 0.3) is 0 Å². The average Bonchev–Trinajstić information content (AvgIpc) is 2.96. The zero-order valence-corrected chi connectivity index (χ0v) is 14.3. The third-order valence-corrected chi connectivity index (χ3v) is 6.82. The Balaban J connectivity index is 1.63. The van der Waals surface area contributed by atoms with E-state index in [1.807, 2.05) is 0 Å². The molecule has 1 aliphatic heterocycles. The molecule has 1 saturated carbocycles. The van der Waals surface area contributed by atoms with Crippen molar-refractivity contribution in [3.05, 3.63) is 17.9 Å². The third-order valence-electron chi connectivity index (χ3n) is 5.13. The molecule has 3 rings (SSSR count). The van der Waals surface area contributed by atoms with Gasteiger partial charge in [0.2, 0.25) is 5.09 Å². The van der Waals surface area contributed by atoms with Gasteiger partial charge in [0.25, 0.3) is 10.0 Å². The van der Waals surface area contributed by atoms with Gasteiger partial charge in [-0.3, -0.25) is 4.90 Å². The molecule has 2 unspecified atom stereocenters. The second-order valence-electron chi connectivity index (χ2n) is 6.84. The Morgan fingerprint density at radius 2 is 1.91 bits per heavy atom. The summed E-state index contributed by atoms with van der Waals surface area (Å²) in [4.78, 5) is 2.41. The molecule has 1 saturated heterocycles. The first-order valence-corrected chi connectivity index (χ1v) is 9.64. The van der Waals surface area contributed by atoms with Gasteiger partial charge in [0.15, 0.2) is 0 Å². The van der Waals surface area contributed by atoms with E-state index in [0.717, 1.165) is 30.7 Å². The number of hydrogen-bond donors (Lipinski definition) is 0. The molecular weight excluding hydrogens is 300 g/mol. The number of nitrogens with zero attached hydrogens (tertiary/aromatic N) is 2. The highest BCUT2D eigenvalue weighted by Crippen LogP contribution is 2.36. The van der Waals surface area contributed by atoms with Gasteiger partial charge in [-0.25, -0.2) is 12.7 Å². The van der Waals surface area contributed by atoms with Crippen molar-refractivity contribution in [2.24, 2.45) is 11.8 Å². The fraction of sp³-hybridized carbons (Fsp3) is 0.750. The van der Waals surface area contributed by atoms with Crippen LogP contribution in [-0.2, 0) is 16.6 Å². The first kappa shape index (κ1) is 16.0. The van der Waals surface area contributed by atoms with E-state index < -0.39 is 10.0 Å². The zero-order chi connectivity index (χ0) is 15.7. The van der Waals surface area contributed by atoms with Gasteiger partial charge in [-0.15, -0.1) is 0 Å². The lowest BCUT2D eigenvalue weighted by atomic mass is 9.75. The van der Waals surface area contributed by atoms with Crippen molar-refractivity contribution in [2.75, 3.05) is 27.2 Å². The van der Waals surface area contributed by atoms with Crippen molar-refractivity contribution in [3.63, 3.8) is 0 Å². The Morgan fingerprint density at radius 1 is 1.18 bits per heavy atom. The number of furan rings is 1. The van der Waals surface area contributed by atoms with Crippen molar-refractivity contribution in [2.45, 2.75) is 43.7 Å². The van der Waals surface area contributed by atoms with Crippen molar-refractivity contribution in [1.29, 1.82) is 0 Å². The predicted molar refractivity (Wildman–Crippen MR) is 84.9 cm³/mol. The standard InChI is InChI=1S/C16H26N2O3S/c1-17(2)22(19,20)16-8-7-15(21-16)12-18-10-9-13-5-3-4-6-14(13)11-18/h7-8,13-14H,3-6,9-12H2,1-2H3.